The summed E-state index contributed by atoms with van der Waals surface area (Å²) in [6.45, 7) is 10.8. The van der Waals surface area contributed by atoms with Crippen molar-refractivity contribution in [1.29, 1.82) is 0 Å². The summed E-state index contributed by atoms with van der Waals surface area (Å²) in [7, 11) is 0. The van der Waals surface area contributed by atoms with Gasteiger partial charge in [0.2, 0.25) is 5.91 Å². The van der Waals surface area contributed by atoms with Gasteiger partial charge in [0, 0.05) is 29.7 Å². The minimum Gasteiger partial charge on any atom is -0.339 e. The smallest absolute Gasteiger partial charge is 0.270 e. The first kappa shape index (κ1) is 23.7. The lowest BCUT2D eigenvalue weighted by molar-refractivity contribution is -0.119. The molecular formula is C26H34N6O2. The van der Waals surface area contributed by atoms with Crippen LogP contribution in [0.3, 0.4) is 0 Å². The van der Waals surface area contributed by atoms with Crippen LogP contribution in [0.4, 0.5) is 5.69 Å². The van der Waals surface area contributed by atoms with Gasteiger partial charge in [-0.05, 0) is 75.1 Å². The van der Waals surface area contributed by atoms with Gasteiger partial charge >= 0.3 is 0 Å². The monoisotopic (exact) mass is 462 g/mol. The number of amides is 2. The van der Waals surface area contributed by atoms with Gasteiger partial charge in [0.1, 0.15) is 11.7 Å². The summed E-state index contributed by atoms with van der Waals surface area (Å²) in [5, 5.41) is 17.4. The Labute approximate surface area is 200 Å². The first-order chi connectivity index (χ1) is 16.2. The number of aromatic nitrogens is 4. The molecule has 1 aliphatic rings. The van der Waals surface area contributed by atoms with Crippen molar-refractivity contribution in [3.63, 3.8) is 0 Å². The fourth-order valence-corrected chi connectivity index (χ4v) is 4.69. The molecule has 8 heteroatoms. The van der Waals surface area contributed by atoms with E-state index in [-0.39, 0.29) is 23.1 Å². The second-order valence-corrected chi connectivity index (χ2v) is 9.85. The lowest BCUT2D eigenvalue weighted by Gasteiger charge is -2.26. The topological polar surface area (TPSA) is 105 Å². The summed E-state index contributed by atoms with van der Waals surface area (Å²) in [6.07, 6.45) is 4.82. The fourth-order valence-electron chi connectivity index (χ4n) is 4.69. The molecule has 0 bridgehead atoms. The highest BCUT2D eigenvalue weighted by atomic mass is 16.2. The van der Waals surface area contributed by atoms with Crippen LogP contribution in [0, 0.1) is 25.2 Å². The average Bonchev–Trinajstić information content (AvgIpc) is 3.20. The predicted molar refractivity (Wildman–Crippen MR) is 132 cm³/mol. The normalized spacial score (nSPS) is 16.0. The number of hydrogen-bond donors (Lipinski definition) is 3. The second kappa shape index (κ2) is 9.44. The van der Waals surface area contributed by atoms with Crippen LogP contribution >= 0.6 is 0 Å². The van der Waals surface area contributed by atoms with Gasteiger partial charge in [-0.3, -0.25) is 19.4 Å². The number of carbonyl (C=O) groups excluding carboxylic acids is 2. The van der Waals surface area contributed by atoms with Gasteiger partial charge in [0.25, 0.3) is 5.91 Å². The van der Waals surface area contributed by atoms with Crippen molar-refractivity contribution in [3.8, 4) is 11.1 Å². The van der Waals surface area contributed by atoms with Crippen LogP contribution in [0.25, 0.3) is 11.1 Å². The Kier molecular flexibility index (Phi) is 6.59. The number of nitrogens with zero attached hydrogens (tertiary/aromatic N) is 3. The van der Waals surface area contributed by atoms with E-state index in [9.17, 15) is 9.59 Å². The van der Waals surface area contributed by atoms with Gasteiger partial charge in [-0.15, -0.1) is 0 Å². The maximum absolute atomic E-state index is 13.4. The molecule has 34 heavy (non-hydrogen) atoms. The Balaban J connectivity index is 1.51. The van der Waals surface area contributed by atoms with E-state index in [1.54, 1.807) is 16.9 Å². The number of aromatic amines is 1. The van der Waals surface area contributed by atoms with Crippen molar-refractivity contribution < 1.29 is 9.59 Å². The molecule has 1 fully saturated rings. The summed E-state index contributed by atoms with van der Waals surface area (Å²) in [5.41, 5.74) is 5.46. The van der Waals surface area contributed by atoms with Crippen LogP contribution in [0.1, 0.15) is 61.9 Å². The molecule has 0 spiro atoms. The molecule has 1 saturated carbocycles. The van der Waals surface area contributed by atoms with Crippen LogP contribution < -0.4 is 10.6 Å². The SMILES string of the molecule is CCn1nccc1C(=O)N[C@H](C(=O)Nc1ccc(-c2c(C)n[nH]c2C)cc1)[C@@H](C)CC1(C)CC1. The average molecular weight is 463 g/mol. The minimum atomic E-state index is -0.650. The summed E-state index contributed by atoms with van der Waals surface area (Å²) in [5.74, 6) is -0.505. The highest BCUT2D eigenvalue weighted by Gasteiger charge is 2.41. The van der Waals surface area contributed by atoms with Crippen LogP contribution in [0.2, 0.25) is 0 Å². The first-order valence-electron chi connectivity index (χ1n) is 12.0. The number of carbonyl (C=O) groups is 2. The number of H-pyrrole nitrogens is 1. The summed E-state index contributed by atoms with van der Waals surface area (Å²) in [6, 6.07) is 8.75. The van der Waals surface area contributed by atoms with Gasteiger partial charge in [0.15, 0.2) is 0 Å². The highest BCUT2D eigenvalue weighted by Crippen LogP contribution is 2.50. The zero-order valence-corrected chi connectivity index (χ0v) is 20.6. The molecular weight excluding hydrogens is 428 g/mol. The Bertz CT molecular complexity index is 1150. The van der Waals surface area contributed by atoms with E-state index >= 15 is 0 Å². The molecule has 4 rings (SSSR count). The Morgan fingerprint density at radius 2 is 1.88 bits per heavy atom. The highest BCUT2D eigenvalue weighted by molar-refractivity contribution is 6.00. The van der Waals surface area contributed by atoms with Crippen LogP contribution in [0.5, 0.6) is 0 Å². The van der Waals surface area contributed by atoms with Crippen molar-refractivity contribution in [1.82, 2.24) is 25.3 Å². The van der Waals surface area contributed by atoms with Crippen LogP contribution in [0.15, 0.2) is 36.5 Å². The molecule has 180 valence electrons. The van der Waals surface area contributed by atoms with Crippen molar-refractivity contribution in [3.05, 3.63) is 53.6 Å². The molecule has 0 radical (unpaired) electrons. The largest absolute Gasteiger partial charge is 0.339 e. The standard InChI is InChI=1S/C26H34N6O2/c1-6-32-21(11-14-27-32)24(33)29-23(16(2)15-26(5)12-13-26)25(34)28-20-9-7-19(8-10-20)22-17(3)30-31-18(22)4/h7-11,14,16,23H,6,12-13,15H2,1-5H3,(H,28,34)(H,29,33)(H,30,31)/t16-,23-/m0/s1. The molecule has 0 aliphatic heterocycles. The maximum Gasteiger partial charge on any atom is 0.270 e. The fraction of sp³-hybridized carbons (Fsp3) is 0.462. The second-order valence-electron chi connectivity index (χ2n) is 9.85. The summed E-state index contributed by atoms with van der Waals surface area (Å²) < 4.78 is 1.63. The van der Waals surface area contributed by atoms with E-state index in [2.05, 4.69) is 32.9 Å². The molecule has 2 heterocycles. The third-order valence-corrected chi connectivity index (χ3v) is 6.87. The molecule has 3 aromatic rings. The molecule has 0 unspecified atom stereocenters. The first-order valence-corrected chi connectivity index (χ1v) is 12.0. The van der Waals surface area contributed by atoms with E-state index in [0.717, 1.165) is 41.8 Å². The predicted octanol–water partition coefficient (Wildman–Crippen LogP) is 4.47. The van der Waals surface area contributed by atoms with Gasteiger partial charge in [-0.2, -0.15) is 10.2 Å². The Morgan fingerprint density at radius 1 is 1.18 bits per heavy atom. The quantitative estimate of drug-likeness (QED) is 0.436. The van der Waals surface area contributed by atoms with E-state index in [4.69, 9.17) is 0 Å². The molecule has 1 aromatic carbocycles. The van der Waals surface area contributed by atoms with E-state index in [1.165, 1.54) is 0 Å². The number of nitrogens with one attached hydrogen (secondary N) is 3. The van der Waals surface area contributed by atoms with Gasteiger partial charge in [-0.25, -0.2) is 0 Å². The van der Waals surface area contributed by atoms with E-state index in [1.807, 2.05) is 52.0 Å². The van der Waals surface area contributed by atoms with Crippen molar-refractivity contribution in [2.45, 2.75) is 66.5 Å². The summed E-state index contributed by atoms with van der Waals surface area (Å²) in [4.78, 5) is 26.4. The number of rotatable bonds is 9. The number of benzene rings is 1. The third kappa shape index (κ3) is 5.05. The molecule has 1 aliphatic carbocycles. The zero-order chi connectivity index (χ0) is 24.5. The molecule has 0 saturated heterocycles. The van der Waals surface area contributed by atoms with E-state index < -0.39 is 6.04 Å². The zero-order valence-electron chi connectivity index (χ0n) is 20.6. The maximum atomic E-state index is 13.4. The molecule has 8 nitrogen and oxygen atoms in total. The van der Waals surface area contributed by atoms with E-state index in [0.29, 0.717) is 17.9 Å². The Hall–Kier alpha value is -3.42. The van der Waals surface area contributed by atoms with Crippen molar-refractivity contribution in [2.24, 2.45) is 11.3 Å². The summed E-state index contributed by atoms with van der Waals surface area (Å²) >= 11 is 0. The molecule has 2 aromatic heterocycles. The third-order valence-electron chi connectivity index (χ3n) is 6.87. The number of hydrogen-bond acceptors (Lipinski definition) is 4. The lowest BCUT2D eigenvalue weighted by atomic mass is 9.88. The number of aryl methyl sites for hydroxylation is 3. The van der Waals surface area contributed by atoms with Crippen molar-refractivity contribution in [2.75, 3.05) is 5.32 Å². The lowest BCUT2D eigenvalue weighted by Crippen LogP contribution is -2.48. The van der Waals surface area contributed by atoms with Crippen molar-refractivity contribution >= 4 is 17.5 Å². The van der Waals surface area contributed by atoms with Gasteiger partial charge in [0.05, 0.1) is 5.69 Å². The van der Waals surface area contributed by atoms with Gasteiger partial charge in [-0.1, -0.05) is 26.0 Å². The minimum absolute atomic E-state index is 0.00930. The Morgan fingerprint density at radius 3 is 2.47 bits per heavy atom. The molecule has 3 N–H and O–H groups in total. The van der Waals surface area contributed by atoms with Crippen LogP contribution in [-0.2, 0) is 11.3 Å². The van der Waals surface area contributed by atoms with Crippen LogP contribution in [-0.4, -0.2) is 37.8 Å². The molecule has 2 atom stereocenters. The van der Waals surface area contributed by atoms with Gasteiger partial charge < -0.3 is 10.6 Å². The number of anilines is 1. The molecule has 2 amide bonds.